The number of nitrogens with one attached hydrogen (secondary N) is 1. The van der Waals surface area contributed by atoms with E-state index in [9.17, 15) is 0 Å². The number of benzene rings is 1. The average molecular weight is 284 g/mol. The van der Waals surface area contributed by atoms with Crippen molar-refractivity contribution in [3.8, 4) is 0 Å². The minimum Gasteiger partial charge on any atom is -0.314 e. The van der Waals surface area contributed by atoms with Gasteiger partial charge in [-0.1, -0.05) is 41.9 Å². The summed E-state index contributed by atoms with van der Waals surface area (Å²) in [5.41, 5.74) is 1.40. The highest BCUT2D eigenvalue weighted by Crippen LogP contribution is 2.11. The van der Waals surface area contributed by atoms with Crippen molar-refractivity contribution in [3.63, 3.8) is 0 Å². The van der Waals surface area contributed by atoms with Gasteiger partial charge >= 0.3 is 0 Å². The molecular weight excluding hydrogens is 262 g/mol. The first kappa shape index (κ1) is 13.7. The Balaban J connectivity index is 2.28. The van der Waals surface area contributed by atoms with Crippen molar-refractivity contribution in [3.05, 3.63) is 34.3 Å². The first-order valence-electron chi connectivity index (χ1n) is 6.05. The van der Waals surface area contributed by atoms with Gasteiger partial charge in [0.1, 0.15) is 0 Å². The molecule has 0 heterocycles. The Hall–Kier alpha value is -0.340. The van der Waals surface area contributed by atoms with Crippen molar-refractivity contribution < 1.29 is 0 Å². The Kier molecular flexibility index (Phi) is 6.07. The fourth-order valence-corrected chi connectivity index (χ4v) is 1.93. The van der Waals surface area contributed by atoms with Crippen LogP contribution in [0, 0.1) is 5.92 Å². The van der Waals surface area contributed by atoms with Gasteiger partial charge in [0.05, 0.1) is 0 Å². The second kappa shape index (κ2) is 7.08. The summed E-state index contributed by atoms with van der Waals surface area (Å²) in [7, 11) is 0. The first-order chi connectivity index (χ1) is 7.58. The number of halogens is 1. The van der Waals surface area contributed by atoms with Crippen LogP contribution in [0.25, 0.3) is 0 Å². The molecule has 0 fully saturated rings. The van der Waals surface area contributed by atoms with Crippen molar-refractivity contribution in [2.45, 2.75) is 39.7 Å². The second-order valence-corrected chi connectivity index (χ2v) is 5.78. The third-order valence-corrected chi connectivity index (χ3v) is 3.20. The summed E-state index contributed by atoms with van der Waals surface area (Å²) in [6.07, 6.45) is 2.36. The van der Waals surface area contributed by atoms with Gasteiger partial charge in [-0.05, 0) is 49.9 Å². The molecule has 0 aromatic heterocycles. The van der Waals surface area contributed by atoms with Gasteiger partial charge in [-0.3, -0.25) is 0 Å². The number of rotatable bonds is 6. The second-order valence-electron chi connectivity index (χ2n) is 4.87. The van der Waals surface area contributed by atoms with Gasteiger partial charge in [-0.2, -0.15) is 0 Å². The summed E-state index contributed by atoms with van der Waals surface area (Å²) < 4.78 is 1.15. The molecule has 1 nitrogen and oxygen atoms in total. The Labute approximate surface area is 108 Å². The van der Waals surface area contributed by atoms with Crippen molar-refractivity contribution in [2.75, 3.05) is 6.54 Å². The van der Waals surface area contributed by atoms with E-state index in [-0.39, 0.29) is 0 Å². The van der Waals surface area contributed by atoms with Crippen molar-refractivity contribution in [1.29, 1.82) is 0 Å². The van der Waals surface area contributed by atoms with Gasteiger partial charge in [0.25, 0.3) is 0 Å². The molecule has 0 aliphatic heterocycles. The van der Waals surface area contributed by atoms with E-state index in [1.165, 1.54) is 12.0 Å². The predicted octanol–water partition coefficient (Wildman–Crippen LogP) is 4.02. The molecule has 16 heavy (non-hydrogen) atoms. The molecule has 2 heteroatoms. The van der Waals surface area contributed by atoms with Crippen LogP contribution in [0.2, 0.25) is 0 Å². The zero-order valence-electron chi connectivity index (χ0n) is 10.5. The molecule has 0 radical (unpaired) electrons. The van der Waals surface area contributed by atoms with Crippen LogP contribution in [0.15, 0.2) is 28.7 Å². The third kappa shape index (κ3) is 5.66. The van der Waals surface area contributed by atoms with E-state index in [2.05, 4.69) is 66.3 Å². The summed E-state index contributed by atoms with van der Waals surface area (Å²) in [5, 5.41) is 3.57. The Morgan fingerprint density at radius 1 is 1.12 bits per heavy atom. The Morgan fingerprint density at radius 2 is 1.75 bits per heavy atom. The Bertz CT molecular complexity index is 292. The maximum absolute atomic E-state index is 3.57. The topological polar surface area (TPSA) is 12.0 Å². The van der Waals surface area contributed by atoms with Crippen LogP contribution in [-0.4, -0.2) is 12.6 Å². The molecule has 1 rings (SSSR count). The third-order valence-electron chi connectivity index (χ3n) is 2.67. The van der Waals surface area contributed by atoms with Gasteiger partial charge in [0, 0.05) is 10.5 Å². The summed E-state index contributed by atoms with van der Waals surface area (Å²) in [6, 6.07) is 9.14. The molecule has 0 saturated carbocycles. The first-order valence-corrected chi connectivity index (χ1v) is 6.85. The van der Waals surface area contributed by atoms with Crippen molar-refractivity contribution >= 4 is 15.9 Å². The normalized spacial score (nSPS) is 13.1. The summed E-state index contributed by atoms with van der Waals surface area (Å²) in [6.45, 7) is 7.90. The molecule has 1 aromatic rings. The number of hydrogen-bond acceptors (Lipinski definition) is 1. The summed E-state index contributed by atoms with van der Waals surface area (Å²) >= 11 is 3.45. The summed E-state index contributed by atoms with van der Waals surface area (Å²) in [4.78, 5) is 0. The fourth-order valence-electron chi connectivity index (χ4n) is 1.66. The zero-order chi connectivity index (χ0) is 12.0. The number of hydrogen-bond donors (Lipinski definition) is 1. The Morgan fingerprint density at radius 3 is 2.31 bits per heavy atom. The van der Waals surface area contributed by atoms with E-state index in [1.807, 2.05) is 0 Å². The molecule has 0 bridgehead atoms. The molecule has 1 N–H and O–H groups in total. The largest absolute Gasteiger partial charge is 0.314 e. The quantitative estimate of drug-likeness (QED) is 0.832. The lowest BCUT2D eigenvalue weighted by atomic mass is 10.1. The van der Waals surface area contributed by atoms with E-state index in [0.29, 0.717) is 6.04 Å². The average Bonchev–Trinajstić information content (AvgIpc) is 2.21. The monoisotopic (exact) mass is 283 g/mol. The smallest absolute Gasteiger partial charge is 0.0175 e. The van der Waals surface area contributed by atoms with Crippen LogP contribution in [0.1, 0.15) is 32.8 Å². The minimum atomic E-state index is 0.555. The molecule has 1 unspecified atom stereocenters. The maximum Gasteiger partial charge on any atom is 0.0175 e. The van der Waals surface area contributed by atoms with E-state index in [4.69, 9.17) is 0 Å². The molecule has 0 aliphatic carbocycles. The maximum atomic E-state index is 3.57. The molecule has 0 amide bonds. The van der Waals surface area contributed by atoms with Gasteiger partial charge in [0.15, 0.2) is 0 Å². The van der Waals surface area contributed by atoms with E-state index in [0.717, 1.165) is 23.4 Å². The van der Waals surface area contributed by atoms with Crippen LogP contribution < -0.4 is 5.32 Å². The molecule has 90 valence electrons. The molecule has 0 spiro atoms. The van der Waals surface area contributed by atoms with Crippen LogP contribution in [0.3, 0.4) is 0 Å². The van der Waals surface area contributed by atoms with Gasteiger partial charge in [-0.25, -0.2) is 0 Å². The highest BCUT2D eigenvalue weighted by atomic mass is 79.9. The molecule has 1 atom stereocenters. The zero-order valence-corrected chi connectivity index (χ0v) is 12.0. The SMILES string of the molecule is CC(C)CCNC(C)Cc1ccc(Br)cc1. The lowest BCUT2D eigenvalue weighted by Crippen LogP contribution is -2.29. The van der Waals surface area contributed by atoms with Crippen LogP contribution in [-0.2, 0) is 6.42 Å². The van der Waals surface area contributed by atoms with Crippen LogP contribution >= 0.6 is 15.9 Å². The molecular formula is C14H22BrN. The lowest BCUT2D eigenvalue weighted by molar-refractivity contribution is 0.485. The van der Waals surface area contributed by atoms with Crippen molar-refractivity contribution in [2.24, 2.45) is 5.92 Å². The van der Waals surface area contributed by atoms with Gasteiger partial charge in [-0.15, -0.1) is 0 Å². The summed E-state index contributed by atoms with van der Waals surface area (Å²) in [5.74, 6) is 0.785. The van der Waals surface area contributed by atoms with Crippen LogP contribution in [0.4, 0.5) is 0 Å². The van der Waals surface area contributed by atoms with Crippen LogP contribution in [0.5, 0.6) is 0 Å². The van der Waals surface area contributed by atoms with E-state index >= 15 is 0 Å². The molecule has 1 aromatic carbocycles. The van der Waals surface area contributed by atoms with E-state index in [1.54, 1.807) is 0 Å². The fraction of sp³-hybridized carbons (Fsp3) is 0.571. The lowest BCUT2D eigenvalue weighted by Gasteiger charge is -2.14. The molecule has 0 aliphatic rings. The minimum absolute atomic E-state index is 0.555. The van der Waals surface area contributed by atoms with Crippen molar-refractivity contribution in [1.82, 2.24) is 5.32 Å². The van der Waals surface area contributed by atoms with E-state index < -0.39 is 0 Å². The van der Waals surface area contributed by atoms with Gasteiger partial charge in [0.2, 0.25) is 0 Å². The highest BCUT2D eigenvalue weighted by Gasteiger charge is 2.03. The van der Waals surface area contributed by atoms with Gasteiger partial charge < -0.3 is 5.32 Å². The highest BCUT2D eigenvalue weighted by molar-refractivity contribution is 9.10. The standard InChI is InChI=1S/C14H22BrN/c1-11(2)8-9-16-12(3)10-13-4-6-14(15)7-5-13/h4-7,11-12,16H,8-10H2,1-3H3. The molecule has 0 saturated heterocycles. The predicted molar refractivity (Wildman–Crippen MR) is 74.8 cm³/mol.